The van der Waals surface area contributed by atoms with E-state index in [0.29, 0.717) is 39.9 Å². The Balaban J connectivity index is 1.87. The molecular formula is C20H22N4O5S2. The summed E-state index contributed by atoms with van der Waals surface area (Å²) in [6.45, 7) is 6.11. The maximum Gasteiger partial charge on any atom is 0.341 e. The van der Waals surface area contributed by atoms with E-state index in [1.54, 1.807) is 29.2 Å². The van der Waals surface area contributed by atoms with Crippen molar-refractivity contribution >= 4 is 51.4 Å². The first-order valence-corrected chi connectivity index (χ1v) is 11.3. The van der Waals surface area contributed by atoms with E-state index in [4.69, 9.17) is 14.6 Å². The Bertz CT molecular complexity index is 1030. The Morgan fingerprint density at radius 2 is 2.03 bits per heavy atom. The molecule has 1 aliphatic rings. The highest BCUT2D eigenvalue weighted by Crippen LogP contribution is 2.36. The summed E-state index contributed by atoms with van der Waals surface area (Å²) in [6, 6.07) is 5.08. The minimum atomic E-state index is -1.07. The van der Waals surface area contributed by atoms with Gasteiger partial charge in [0.15, 0.2) is 23.3 Å². The number of likely N-dealkylation sites (N-methyl/N-ethyl adjacent to an activating group) is 1. The third-order valence-corrected chi connectivity index (χ3v) is 6.04. The molecule has 1 amide bonds. The van der Waals surface area contributed by atoms with E-state index in [0.717, 1.165) is 17.0 Å². The van der Waals surface area contributed by atoms with Crippen molar-refractivity contribution in [3.63, 3.8) is 0 Å². The number of carboxylic acid groups (broad SMARTS) is 1. The van der Waals surface area contributed by atoms with Gasteiger partial charge in [-0.3, -0.25) is 9.69 Å². The number of thioether (sulfide) groups is 1. The zero-order valence-corrected chi connectivity index (χ0v) is 19.0. The number of aliphatic imine (C=N–C) groups is 1. The van der Waals surface area contributed by atoms with E-state index in [1.165, 1.54) is 23.1 Å². The number of hydrogen-bond donors (Lipinski definition) is 1. The van der Waals surface area contributed by atoms with Crippen LogP contribution in [-0.4, -0.2) is 57.0 Å². The van der Waals surface area contributed by atoms with E-state index < -0.39 is 12.6 Å². The van der Waals surface area contributed by atoms with Crippen LogP contribution in [0.2, 0.25) is 0 Å². The first-order valence-electron chi connectivity index (χ1n) is 9.69. The number of hydrogen-bond acceptors (Lipinski definition) is 9. The Labute approximate surface area is 187 Å². The topological polar surface area (TPSA) is 114 Å². The summed E-state index contributed by atoms with van der Waals surface area (Å²) in [4.78, 5) is 30.3. The lowest BCUT2D eigenvalue weighted by atomic mass is 10.2. The number of aryl methyl sites for hydroxylation is 1. The van der Waals surface area contributed by atoms with Crippen molar-refractivity contribution in [3.8, 4) is 11.5 Å². The minimum Gasteiger partial charge on any atom is -0.490 e. The summed E-state index contributed by atoms with van der Waals surface area (Å²) in [5.74, 6) is -0.474. The lowest BCUT2D eigenvalue weighted by molar-refractivity contribution is -0.139. The molecule has 1 saturated heterocycles. The van der Waals surface area contributed by atoms with Crippen molar-refractivity contribution in [1.82, 2.24) is 15.1 Å². The predicted octanol–water partition coefficient (Wildman–Crippen LogP) is 3.59. The van der Waals surface area contributed by atoms with Gasteiger partial charge in [0.25, 0.3) is 5.91 Å². The SMILES string of the molecule is CCOc1cc(/C=C2/S/C(=N/c3nnc(CC)s3)N(CC)C2=O)ccc1OCC(=O)O. The average molecular weight is 463 g/mol. The molecule has 2 aromatic rings. The summed E-state index contributed by atoms with van der Waals surface area (Å²) in [6.07, 6.45) is 2.53. The van der Waals surface area contributed by atoms with Gasteiger partial charge in [-0.15, -0.1) is 10.2 Å². The zero-order valence-electron chi connectivity index (χ0n) is 17.3. The molecule has 0 bridgehead atoms. The largest absolute Gasteiger partial charge is 0.490 e. The number of carbonyl (C=O) groups excluding carboxylic acids is 1. The lowest BCUT2D eigenvalue weighted by Gasteiger charge is -2.12. The fourth-order valence-electron chi connectivity index (χ4n) is 2.68. The molecule has 31 heavy (non-hydrogen) atoms. The first-order chi connectivity index (χ1) is 14.9. The van der Waals surface area contributed by atoms with E-state index in [1.807, 2.05) is 20.8 Å². The number of carboxylic acids is 1. The van der Waals surface area contributed by atoms with Crippen molar-refractivity contribution in [2.45, 2.75) is 27.2 Å². The summed E-state index contributed by atoms with van der Waals surface area (Å²) in [5, 5.41) is 18.9. The molecule has 3 rings (SSSR count). The van der Waals surface area contributed by atoms with Crippen LogP contribution in [0, 0.1) is 0 Å². The van der Waals surface area contributed by atoms with Gasteiger partial charge in [0, 0.05) is 6.54 Å². The molecular weight excluding hydrogens is 440 g/mol. The number of amides is 1. The average Bonchev–Trinajstić information content (AvgIpc) is 3.31. The molecule has 0 spiro atoms. The van der Waals surface area contributed by atoms with Gasteiger partial charge in [-0.2, -0.15) is 4.99 Å². The van der Waals surface area contributed by atoms with Crippen molar-refractivity contribution in [2.75, 3.05) is 19.8 Å². The van der Waals surface area contributed by atoms with E-state index in [2.05, 4.69) is 15.2 Å². The van der Waals surface area contributed by atoms with Crippen LogP contribution in [0.3, 0.4) is 0 Å². The minimum absolute atomic E-state index is 0.143. The molecule has 1 N–H and O–H groups in total. The molecule has 0 saturated carbocycles. The van der Waals surface area contributed by atoms with Crippen LogP contribution in [0.5, 0.6) is 11.5 Å². The van der Waals surface area contributed by atoms with Crippen molar-refractivity contribution in [1.29, 1.82) is 0 Å². The second-order valence-corrected chi connectivity index (χ2v) is 8.26. The van der Waals surface area contributed by atoms with Gasteiger partial charge in [0.1, 0.15) is 5.01 Å². The number of rotatable bonds is 9. The van der Waals surface area contributed by atoms with Crippen LogP contribution in [0.1, 0.15) is 31.3 Å². The smallest absolute Gasteiger partial charge is 0.341 e. The normalized spacial score (nSPS) is 16.4. The van der Waals surface area contributed by atoms with Gasteiger partial charge >= 0.3 is 5.97 Å². The maximum atomic E-state index is 12.9. The van der Waals surface area contributed by atoms with Gasteiger partial charge in [0.05, 0.1) is 11.5 Å². The third kappa shape index (κ3) is 5.61. The quantitative estimate of drug-likeness (QED) is 0.563. The number of benzene rings is 1. The molecule has 11 heteroatoms. The number of ether oxygens (including phenoxy) is 2. The summed E-state index contributed by atoms with van der Waals surface area (Å²) < 4.78 is 10.8. The Morgan fingerprint density at radius 3 is 2.68 bits per heavy atom. The third-order valence-electron chi connectivity index (χ3n) is 4.07. The number of carbonyl (C=O) groups is 2. The number of amidine groups is 1. The van der Waals surface area contributed by atoms with Crippen LogP contribution < -0.4 is 9.47 Å². The highest BCUT2D eigenvalue weighted by atomic mass is 32.2. The van der Waals surface area contributed by atoms with E-state index >= 15 is 0 Å². The fourth-order valence-corrected chi connectivity index (χ4v) is 4.43. The van der Waals surface area contributed by atoms with E-state index in [9.17, 15) is 9.59 Å². The van der Waals surface area contributed by atoms with Crippen LogP contribution in [-0.2, 0) is 16.0 Å². The van der Waals surface area contributed by atoms with Gasteiger partial charge in [0.2, 0.25) is 5.13 Å². The molecule has 1 aliphatic heterocycles. The molecule has 1 aromatic heterocycles. The first kappa shape index (κ1) is 22.8. The molecule has 1 fully saturated rings. The standard InChI is InChI=1S/C20H22N4O5S2/c1-4-16-22-23-19(31-16)21-20-24(5-2)18(27)15(30-20)10-12-7-8-13(29-11-17(25)26)14(9-12)28-6-3/h7-10H,4-6,11H2,1-3H3,(H,25,26)/b15-10+,21-20+. The second-order valence-electron chi connectivity index (χ2n) is 6.21. The van der Waals surface area contributed by atoms with Gasteiger partial charge in [-0.1, -0.05) is 24.3 Å². The number of nitrogens with zero attached hydrogens (tertiary/aromatic N) is 4. The van der Waals surface area contributed by atoms with Gasteiger partial charge in [-0.05, 0) is 55.8 Å². The summed E-state index contributed by atoms with van der Waals surface area (Å²) in [5.41, 5.74) is 0.725. The highest BCUT2D eigenvalue weighted by molar-refractivity contribution is 8.18. The van der Waals surface area contributed by atoms with Gasteiger partial charge in [-0.25, -0.2) is 4.79 Å². The fraction of sp³-hybridized carbons (Fsp3) is 0.350. The van der Waals surface area contributed by atoms with Crippen LogP contribution >= 0.6 is 23.1 Å². The molecule has 2 heterocycles. The van der Waals surface area contributed by atoms with Crippen LogP contribution in [0.25, 0.3) is 6.08 Å². The molecule has 0 aliphatic carbocycles. The monoisotopic (exact) mass is 462 g/mol. The highest BCUT2D eigenvalue weighted by Gasteiger charge is 2.32. The summed E-state index contributed by atoms with van der Waals surface area (Å²) >= 11 is 2.67. The predicted molar refractivity (Wildman–Crippen MR) is 120 cm³/mol. The maximum absolute atomic E-state index is 12.9. The molecule has 1 aromatic carbocycles. The van der Waals surface area contributed by atoms with Gasteiger partial charge < -0.3 is 14.6 Å². The Kier molecular flexibility index (Phi) is 7.64. The molecule has 164 valence electrons. The number of aromatic nitrogens is 2. The zero-order chi connectivity index (χ0) is 22.4. The summed E-state index contributed by atoms with van der Waals surface area (Å²) in [7, 11) is 0. The molecule has 9 nitrogen and oxygen atoms in total. The Hall–Kier alpha value is -2.92. The van der Waals surface area contributed by atoms with E-state index in [-0.39, 0.29) is 5.91 Å². The van der Waals surface area contributed by atoms with Crippen molar-refractivity contribution < 1.29 is 24.2 Å². The Morgan fingerprint density at radius 1 is 1.23 bits per heavy atom. The van der Waals surface area contributed by atoms with Crippen LogP contribution in [0.15, 0.2) is 28.1 Å². The molecule has 0 atom stereocenters. The van der Waals surface area contributed by atoms with Crippen molar-refractivity contribution in [3.05, 3.63) is 33.7 Å². The molecule has 0 unspecified atom stereocenters. The van der Waals surface area contributed by atoms with Crippen molar-refractivity contribution in [2.24, 2.45) is 4.99 Å². The number of aliphatic carboxylic acids is 1. The molecule has 0 radical (unpaired) electrons. The second kappa shape index (κ2) is 10.4. The van der Waals surface area contributed by atoms with Crippen LogP contribution in [0.4, 0.5) is 5.13 Å². The lowest BCUT2D eigenvalue weighted by Crippen LogP contribution is -2.28.